The van der Waals surface area contributed by atoms with Crippen LogP contribution < -0.4 is 0 Å². The van der Waals surface area contributed by atoms with E-state index in [0.29, 0.717) is 0 Å². The molecule has 0 N–H and O–H groups in total. The highest BCUT2D eigenvalue weighted by Gasteiger charge is 1.99. The van der Waals surface area contributed by atoms with E-state index in [0.717, 1.165) is 5.92 Å². The molecule has 0 bridgehead atoms. The van der Waals surface area contributed by atoms with Gasteiger partial charge in [0.2, 0.25) is 0 Å². The van der Waals surface area contributed by atoms with E-state index in [1.54, 1.807) is 0 Å². The first-order valence-electron chi connectivity index (χ1n) is 6.22. The number of aryl methyl sites for hydroxylation is 1. The molecule has 0 saturated heterocycles. The predicted octanol–water partition coefficient (Wildman–Crippen LogP) is 3.98. The van der Waals surface area contributed by atoms with Crippen LogP contribution in [0.15, 0.2) is 30.3 Å². The second kappa shape index (κ2) is 9.41. The summed E-state index contributed by atoms with van der Waals surface area (Å²) >= 11 is 0. The molecule has 1 unspecified atom stereocenters. The van der Waals surface area contributed by atoms with E-state index in [2.05, 4.69) is 51.9 Å². The van der Waals surface area contributed by atoms with Crippen molar-refractivity contribution in [1.82, 2.24) is 4.90 Å². The molecule has 0 radical (unpaired) electrons. The van der Waals surface area contributed by atoms with E-state index < -0.39 is 0 Å². The molecule has 1 atom stereocenters. The molecule has 1 rings (SSSR count). The summed E-state index contributed by atoms with van der Waals surface area (Å²) in [5, 5.41) is 0. The average Bonchev–Trinajstić information content (AvgIpc) is 2.18. The van der Waals surface area contributed by atoms with Crippen molar-refractivity contribution in [2.45, 2.75) is 33.6 Å². The van der Waals surface area contributed by atoms with Crippen LogP contribution in [0.25, 0.3) is 0 Å². The predicted molar refractivity (Wildman–Crippen MR) is 73.8 cm³/mol. The zero-order valence-electron chi connectivity index (χ0n) is 11.5. The van der Waals surface area contributed by atoms with Gasteiger partial charge in [-0.25, -0.2) is 0 Å². The summed E-state index contributed by atoms with van der Waals surface area (Å²) < 4.78 is 0. The number of nitrogens with zero attached hydrogens (tertiary/aromatic N) is 1. The Kier molecular flexibility index (Phi) is 8.93. The standard InChI is InChI=1S/C8H19N.C7H8/c1-5-6-8(2)7-9(3)4;1-7-5-3-2-4-6-7/h8H,5-7H2,1-4H3;2-6H,1H3. The monoisotopic (exact) mass is 221 g/mol. The number of hydrogen-bond acceptors (Lipinski definition) is 1. The van der Waals surface area contributed by atoms with Crippen LogP contribution in [-0.4, -0.2) is 25.5 Å². The van der Waals surface area contributed by atoms with Crippen molar-refractivity contribution < 1.29 is 0 Å². The maximum Gasteiger partial charge on any atom is 0.0000918 e. The Bertz CT molecular complexity index is 241. The van der Waals surface area contributed by atoms with Gasteiger partial charge in [-0.3, -0.25) is 0 Å². The summed E-state index contributed by atoms with van der Waals surface area (Å²) in [5.41, 5.74) is 1.32. The molecule has 0 aliphatic rings. The molecule has 1 nitrogen and oxygen atoms in total. The topological polar surface area (TPSA) is 3.24 Å². The molecule has 92 valence electrons. The van der Waals surface area contributed by atoms with E-state index in [4.69, 9.17) is 0 Å². The Morgan fingerprint density at radius 1 is 1.12 bits per heavy atom. The third-order valence-electron chi connectivity index (χ3n) is 2.40. The minimum atomic E-state index is 0.866. The SMILES string of the molecule is CCCC(C)CN(C)C.Cc1ccccc1. The van der Waals surface area contributed by atoms with Crippen LogP contribution in [0.2, 0.25) is 0 Å². The zero-order chi connectivity index (χ0) is 12.4. The van der Waals surface area contributed by atoms with Crippen LogP contribution in [-0.2, 0) is 0 Å². The van der Waals surface area contributed by atoms with E-state index in [1.807, 2.05) is 18.2 Å². The van der Waals surface area contributed by atoms with Gasteiger partial charge in [0.05, 0.1) is 0 Å². The van der Waals surface area contributed by atoms with Gasteiger partial charge in [-0.15, -0.1) is 0 Å². The van der Waals surface area contributed by atoms with Crippen LogP contribution in [0.3, 0.4) is 0 Å². The third-order valence-corrected chi connectivity index (χ3v) is 2.40. The lowest BCUT2D eigenvalue weighted by molar-refractivity contribution is 0.326. The smallest absolute Gasteiger partial charge is 0.0000918 e. The summed E-state index contributed by atoms with van der Waals surface area (Å²) in [4.78, 5) is 2.25. The molecular weight excluding hydrogens is 194 g/mol. The largest absolute Gasteiger partial charge is 0.309 e. The molecule has 1 aromatic rings. The fourth-order valence-electron chi connectivity index (χ4n) is 1.74. The molecule has 0 heterocycles. The first kappa shape index (κ1) is 15.2. The third kappa shape index (κ3) is 9.72. The van der Waals surface area contributed by atoms with Gasteiger partial charge in [0.1, 0.15) is 0 Å². The Morgan fingerprint density at radius 2 is 1.69 bits per heavy atom. The van der Waals surface area contributed by atoms with Gasteiger partial charge < -0.3 is 4.90 Å². The van der Waals surface area contributed by atoms with Crippen LogP contribution in [0, 0.1) is 12.8 Å². The lowest BCUT2D eigenvalue weighted by Crippen LogP contribution is -2.19. The van der Waals surface area contributed by atoms with Gasteiger partial charge in [0.15, 0.2) is 0 Å². The second-order valence-electron chi connectivity index (χ2n) is 4.81. The molecule has 1 heteroatoms. The Hall–Kier alpha value is -0.820. The molecule has 0 spiro atoms. The molecule has 1 aromatic carbocycles. The Labute approximate surface area is 101 Å². The maximum atomic E-state index is 2.31. The summed E-state index contributed by atoms with van der Waals surface area (Å²) in [6.45, 7) is 7.86. The number of rotatable bonds is 4. The van der Waals surface area contributed by atoms with Gasteiger partial charge in [-0.05, 0) is 33.4 Å². The van der Waals surface area contributed by atoms with Crippen molar-refractivity contribution in [2.24, 2.45) is 5.92 Å². The van der Waals surface area contributed by atoms with Crippen LogP contribution >= 0.6 is 0 Å². The Balaban J connectivity index is 0.000000288. The lowest BCUT2D eigenvalue weighted by atomic mass is 10.1. The van der Waals surface area contributed by atoms with Crippen molar-refractivity contribution in [1.29, 1.82) is 0 Å². The van der Waals surface area contributed by atoms with Gasteiger partial charge in [0.25, 0.3) is 0 Å². The summed E-state index contributed by atoms with van der Waals surface area (Å²) in [5.74, 6) is 0.866. The van der Waals surface area contributed by atoms with Crippen molar-refractivity contribution in [3.8, 4) is 0 Å². The molecule has 0 aliphatic heterocycles. The van der Waals surface area contributed by atoms with Crippen molar-refractivity contribution in [2.75, 3.05) is 20.6 Å². The molecule has 0 amide bonds. The second-order valence-corrected chi connectivity index (χ2v) is 4.81. The highest BCUT2D eigenvalue weighted by atomic mass is 15.1. The summed E-state index contributed by atoms with van der Waals surface area (Å²) in [7, 11) is 4.26. The van der Waals surface area contributed by atoms with E-state index in [1.165, 1.54) is 24.9 Å². The van der Waals surface area contributed by atoms with Gasteiger partial charge in [0, 0.05) is 6.54 Å². The zero-order valence-corrected chi connectivity index (χ0v) is 11.5. The van der Waals surface area contributed by atoms with Crippen LogP contribution in [0.4, 0.5) is 0 Å². The van der Waals surface area contributed by atoms with Gasteiger partial charge in [-0.1, -0.05) is 56.2 Å². The normalized spacial score (nSPS) is 11.9. The number of hydrogen-bond donors (Lipinski definition) is 0. The molecule has 0 saturated carbocycles. The highest BCUT2D eigenvalue weighted by Crippen LogP contribution is 2.04. The quantitative estimate of drug-likeness (QED) is 0.743. The van der Waals surface area contributed by atoms with Crippen molar-refractivity contribution >= 4 is 0 Å². The molecule has 0 fully saturated rings. The fourth-order valence-corrected chi connectivity index (χ4v) is 1.74. The number of benzene rings is 1. The minimum Gasteiger partial charge on any atom is -0.309 e. The summed E-state index contributed by atoms with van der Waals surface area (Å²) in [6.07, 6.45) is 2.67. The highest BCUT2D eigenvalue weighted by molar-refractivity contribution is 5.11. The Morgan fingerprint density at radius 3 is 2.00 bits per heavy atom. The molecule has 0 aliphatic carbocycles. The average molecular weight is 221 g/mol. The van der Waals surface area contributed by atoms with Gasteiger partial charge in [-0.2, -0.15) is 0 Å². The fraction of sp³-hybridized carbons (Fsp3) is 0.600. The van der Waals surface area contributed by atoms with Crippen molar-refractivity contribution in [3.63, 3.8) is 0 Å². The first-order chi connectivity index (χ1) is 7.56. The maximum absolute atomic E-state index is 2.31. The first-order valence-corrected chi connectivity index (χ1v) is 6.22. The molecule has 0 aromatic heterocycles. The van der Waals surface area contributed by atoms with E-state index >= 15 is 0 Å². The van der Waals surface area contributed by atoms with E-state index in [9.17, 15) is 0 Å². The lowest BCUT2D eigenvalue weighted by Gasteiger charge is -2.15. The van der Waals surface area contributed by atoms with Gasteiger partial charge >= 0.3 is 0 Å². The van der Waals surface area contributed by atoms with Crippen LogP contribution in [0.1, 0.15) is 32.3 Å². The van der Waals surface area contributed by atoms with Crippen molar-refractivity contribution in [3.05, 3.63) is 35.9 Å². The minimum absolute atomic E-state index is 0.866. The molecular formula is C15H27N. The van der Waals surface area contributed by atoms with Crippen LogP contribution in [0.5, 0.6) is 0 Å². The van der Waals surface area contributed by atoms with E-state index in [-0.39, 0.29) is 0 Å². The summed E-state index contributed by atoms with van der Waals surface area (Å²) in [6, 6.07) is 10.3. The molecule has 16 heavy (non-hydrogen) atoms.